The third-order valence-electron chi connectivity index (χ3n) is 5.67. The molecule has 0 unspecified atom stereocenters. The zero-order valence-corrected chi connectivity index (χ0v) is 20.2. The molecule has 11 heteroatoms. The van der Waals surface area contributed by atoms with Crippen LogP contribution in [0.4, 0.5) is 4.79 Å². The molecule has 36 heavy (non-hydrogen) atoms. The van der Waals surface area contributed by atoms with Crippen molar-refractivity contribution in [1.82, 2.24) is 15.3 Å². The van der Waals surface area contributed by atoms with Gasteiger partial charge in [-0.1, -0.05) is 18.2 Å². The van der Waals surface area contributed by atoms with Gasteiger partial charge in [0.25, 0.3) is 5.91 Å². The molecule has 0 saturated carbocycles. The van der Waals surface area contributed by atoms with E-state index in [-0.39, 0.29) is 12.4 Å². The maximum absolute atomic E-state index is 13.4. The van der Waals surface area contributed by atoms with Crippen LogP contribution in [-0.4, -0.2) is 46.2 Å². The summed E-state index contributed by atoms with van der Waals surface area (Å²) in [5.74, 6) is 0.0406. The van der Waals surface area contributed by atoms with E-state index in [1.54, 1.807) is 35.7 Å². The first-order valence-electron chi connectivity index (χ1n) is 11.2. The fraction of sp³-hybridized carbons (Fsp3) is 0.200. The second-order valence-electron chi connectivity index (χ2n) is 8.22. The number of nitrogens with two attached hydrogens (primary N) is 2. The summed E-state index contributed by atoms with van der Waals surface area (Å²) < 4.78 is 5.76. The minimum atomic E-state index is -0.734. The van der Waals surface area contributed by atoms with Crippen LogP contribution in [0.1, 0.15) is 33.6 Å². The predicted molar refractivity (Wildman–Crippen MR) is 136 cm³/mol. The van der Waals surface area contributed by atoms with Crippen molar-refractivity contribution in [1.29, 1.82) is 5.41 Å². The number of urea groups is 1. The van der Waals surface area contributed by atoms with Gasteiger partial charge in [-0.05, 0) is 55.3 Å². The summed E-state index contributed by atoms with van der Waals surface area (Å²) in [7, 11) is 0. The number of carbonyl (C=O) groups is 3. The molecular formula is C25H26N6O4S. The van der Waals surface area contributed by atoms with Crippen molar-refractivity contribution in [2.45, 2.75) is 25.4 Å². The summed E-state index contributed by atoms with van der Waals surface area (Å²) in [5.41, 5.74) is 14.5. The van der Waals surface area contributed by atoms with Gasteiger partial charge in [0.15, 0.2) is 0 Å². The first-order valence-corrected chi connectivity index (χ1v) is 12.1. The molecule has 1 saturated heterocycles. The summed E-state index contributed by atoms with van der Waals surface area (Å²) in [6.45, 7) is 0.382. The van der Waals surface area contributed by atoms with Crippen molar-refractivity contribution in [2.75, 3.05) is 6.54 Å². The molecule has 0 radical (unpaired) electrons. The molecular weight excluding hydrogens is 480 g/mol. The van der Waals surface area contributed by atoms with Gasteiger partial charge in [-0.15, -0.1) is 11.3 Å². The quantitative estimate of drug-likeness (QED) is 0.220. The molecule has 0 aliphatic carbocycles. The number of para-hydroxylation sites is 1. The Morgan fingerprint density at radius 2 is 1.75 bits per heavy atom. The van der Waals surface area contributed by atoms with E-state index in [2.05, 4.69) is 5.43 Å². The first kappa shape index (κ1) is 24.7. The molecule has 1 aromatic heterocycles. The maximum atomic E-state index is 13.4. The van der Waals surface area contributed by atoms with Crippen LogP contribution in [0.3, 0.4) is 0 Å². The molecule has 1 fully saturated rings. The summed E-state index contributed by atoms with van der Waals surface area (Å²) in [6.07, 6.45) is 1.11. The molecule has 0 bridgehead atoms. The van der Waals surface area contributed by atoms with E-state index in [1.165, 1.54) is 16.2 Å². The number of ether oxygens (including phenoxy) is 1. The molecule has 10 nitrogen and oxygen atoms in total. The van der Waals surface area contributed by atoms with Crippen molar-refractivity contribution < 1.29 is 19.1 Å². The maximum Gasteiger partial charge on any atom is 0.339 e. The third-order valence-corrected chi connectivity index (χ3v) is 6.59. The molecule has 1 aliphatic rings. The Kier molecular flexibility index (Phi) is 7.50. The van der Waals surface area contributed by atoms with Crippen molar-refractivity contribution in [3.63, 3.8) is 0 Å². The van der Waals surface area contributed by atoms with Crippen LogP contribution < -0.4 is 21.6 Å². The van der Waals surface area contributed by atoms with Crippen LogP contribution in [0.2, 0.25) is 0 Å². The highest BCUT2D eigenvalue weighted by molar-refractivity contribution is 7.10. The van der Waals surface area contributed by atoms with Gasteiger partial charge >= 0.3 is 6.03 Å². The van der Waals surface area contributed by atoms with Gasteiger partial charge in [0, 0.05) is 27.9 Å². The number of hydrazine groups is 1. The zero-order chi connectivity index (χ0) is 25.7. The van der Waals surface area contributed by atoms with Crippen LogP contribution in [-0.2, 0) is 11.3 Å². The molecule has 1 atom stereocenters. The van der Waals surface area contributed by atoms with Crippen LogP contribution in [0.15, 0.2) is 66.0 Å². The zero-order valence-electron chi connectivity index (χ0n) is 19.3. The summed E-state index contributed by atoms with van der Waals surface area (Å²) in [5, 5.41) is 10.5. The molecule has 3 aromatic rings. The van der Waals surface area contributed by atoms with Crippen molar-refractivity contribution in [3.05, 3.63) is 82.0 Å². The summed E-state index contributed by atoms with van der Waals surface area (Å²) in [6, 6.07) is 16.2. The van der Waals surface area contributed by atoms with Gasteiger partial charge in [-0.25, -0.2) is 9.80 Å². The van der Waals surface area contributed by atoms with Crippen LogP contribution in [0.5, 0.6) is 11.5 Å². The standard InChI is InChI=1S/C25H26N6O4S/c26-22(27)17-13-20(36-15-17)14-31(25(34)30-12-4-7-21(30)23(28)32)29-24(33)16-8-10-19(11-9-16)35-18-5-2-1-3-6-18/h1-3,5-6,8-11,13,15,21H,4,7,12,14H2,(H3,26,27)(H2,28,32)(H,29,33)/t21-/m0/s1. The average Bonchev–Trinajstić information content (AvgIpc) is 3.54. The molecule has 2 heterocycles. The number of hydrogen-bond donors (Lipinski definition) is 4. The number of nitrogen functional groups attached to an aromatic ring is 1. The summed E-state index contributed by atoms with van der Waals surface area (Å²) in [4.78, 5) is 40.4. The van der Waals surface area contributed by atoms with E-state index in [4.69, 9.17) is 21.6 Å². The Balaban J connectivity index is 1.51. The number of thiophene rings is 1. The van der Waals surface area contributed by atoms with Gasteiger partial charge in [-0.2, -0.15) is 0 Å². The Morgan fingerprint density at radius 3 is 2.39 bits per heavy atom. The van der Waals surface area contributed by atoms with Crippen LogP contribution in [0, 0.1) is 5.41 Å². The van der Waals surface area contributed by atoms with Gasteiger partial charge in [0.1, 0.15) is 23.4 Å². The predicted octanol–water partition coefficient (Wildman–Crippen LogP) is 3.04. The van der Waals surface area contributed by atoms with Crippen LogP contribution >= 0.6 is 11.3 Å². The normalized spacial score (nSPS) is 14.8. The number of carbonyl (C=O) groups excluding carboxylic acids is 3. The molecule has 186 valence electrons. The number of rotatable bonds is 7. The SMILES string of the molecule is N=C(N)c1csc(CN(NC(=O)c2ccc(Oc3ccccc3)cc2)C(=O)N2CCC[C@H]2C(N)=O)c1. The Labute approximate surface area is 211 Å². The van der Waals surface area contributed by atoms with E-state index in [1.807, 2.05) is 30.3 Å². The number of nitrogens with zero attached hydrogens (tertiary/aromatic N) is 2. The van der Waals surface area contributed by atoms with Gasteiger partial charge in [-0.3, -0.25) is 20.4 Å². The third kappa shape index (κ3) is 5.81. The number of nitrogens with one attached hydrogen (secondary N) is 2. The Hall–Kier alpha value is -4.38. The molecule has 4 amide bonds. The molecule has 6 N–H and O–H groups in total. The first-order chi connectivity index (χ1) is 17.3. The topological polar surface area (TPSA) is 155 Å². The minimum absolute atomic E-state index is 0.0275. The largest absolute Gasteiger partial charge is 0.457 e. The van der Waals surface area contributed by atoms with E-state index >= 15 is 0 Å². The number of likely N-dealkylation sites (tertiary alicyclic amines) is 1. The lowest BCUT2D eigenvalue weighted by molar-refractivity contribution is -0.121. The van der Waals surface area contributed by atoms with Crippen molar-refractivity contribution in [3.8, 4) is 11.5 Å². The van der Waals surface area contributed by atoms with E-state index in [0.717, 1.165) is 5.01 Å². The second kappa shape index (κ2) is 10.9. The van der Waals surface area contributed by atoms with Crippen molar-refractivity contribution >= 4 is 35.0 Å². The fourth-order valence-corrected chi connectivity index (χ4v) is 4.72. The number of amidine groups is 1. The number of primary amides is 1. The lowest BCUT2D eigenvalue weighted by Gasteiger charge is -2.30. The molecule has 1 aliphatic heterocycles. The monoisotopic (exact) mass is 506 g/mol. The van der Waals surface area contributed by atoms with Gasteiger partial charge < -0.3 is 21.1 Å². The highest BCUT2D eigenvalue weighted by Crippen LogP contribution is 2.23. The van der Waals surface area contributed by atoms with Crippen LogP contribution in [0.25, 0.3) is 0 Å². The number of benzene rings is 2. The Morgan fingerprint density at radius 1 is 1.06 bits per heavy atom. The van der Waals surface area contributed by atoms with Gasteiger partial charge in [0.2, 0.25) is 5.91 Å². The molecule has 2 aromatic carbocycles. The van der Waals surface area contributed by atoms with E-state index in [0.29, 0.717) is 46.9 Å². The van der Waals surface area contributed by atoms with E-state index < -0.39 is 23.9 Å². The molecule has 4 rings (SSSR count). The molecule has 0 spiro atoms. The highest BCUT2D eigenvalue weighted by atomic mass is 32.1. The lowest BCUT2D eigenvalue weighted by atomic mass is 10.2. The van der Waals surface area contributed by atoms with E-state index in [9.17, 15) is 14.4 Å². The minimum Gasteiger partial charge on any atom is -0.457 e. The lowest BCUT2D eigenvalue weighted by Crippen LogP contribution is -2.54. The van der Waals surface area contributed by atoms with Crippen molar-refractivity contribution in [2.24, 2.45) is 11.5 Å². The average molecular weight is 507 g/mol. The highest BCUT2D eigenvalue weighted by Gasteiger charge is 2.36. The smallest absolute Gasteiger partial charge is 0.339 e. The van der Waals surface area contributed by atoms with Gasteiger partial charge in [0.05, 0.1) is 6.54 Å². The Bertz CT molecular complexity index is 1260. The number of amides is 4. The number of hydrogen-bond acceptors (Lipinski definition) is 6. The second-order valence-corrected chi connectivity index (χ2v) is 9.21. The summed E-state index contributed by atoms with van der Waals surface area (Å²) >= 11 is 1.31. The fourth-order valence-electron chi connectivity index (χ4n) is 3.85.